The predicted molar refractivity (Wildman–Crippen MR) is 109 cm³/mol. The number of hydrogen-bond acceptors (Lipinski definition) is 3. The van der Waals surface area contributed by atoms with Gasteiger partial charge in [-0.05, 0) is 67.6 Å². The Hall–Kier alpha value is -2.33. The van der Waals surface area contributed by atoms with Gasteiger partial charge in [-0.3, -0.25) is 9.69 Å². The maximum atomic E-state index is 12.4. The number of amides is 1. The highest BCUT2D eigenvalue weighted by atomic mass is 16.5. The van der Waals surface area contributed by atoms with E-state index in [9.17, 15) is 4.79 Å². The topological polar surface area (TPSA) is 41.6 Å². The van der Waals surface area contributed by atoms with Crippen LogP contribution in [0, 0.1) is 5.92 Å². The lowest BCUT2D eigenvalue weighted by molar-refractivity contribution is 0.0951. The van der Waals surface area contributed by atoms with Crippen LogP contribution in [0.1, 0.15) is 48.2 Å². The fraction of sp³-hybridized carbons (Fsp3) is 0.435. The van der Waals surface area contributed by atoms with Crippen molar-refractivity contribution >= 4 is 5.91 Å². The molecule has 1 aliphatic heterocycles. The minimum atomic E-state index is -0.0398. The standard InChI is InChI=1S/C23H30N2O2/c1-3-27-22-12-8-19(9-13-22)15-24-23(26)21-10-6-20(7-11-21)17-25-14-4-5-18(2)16-25/h6-13,18H,3-5,14-17H2,1-2H3,(H,24,26)/t18-/m1/s1. The fourth-order valence-electron chi connectivity index (χ4n) is 3.60. The van der Waals surface area contributed by atoms with Crippen molar-refractivity contribution in [2.24, 2.45) is 5.92 Å². The maximum Gasteiger partial charge on any atom is 0.251 e. The number of rotatable bonds is 7. The smallest absolute Gasteiger partial charge is 0.251 e. The molecule has 1 N–H and O–H groups in total. The van der Waals surface area contributed by atoms with E-state index < -0.39 is 0 Å². The Labute approximate surface area is 162 Å². The summed E-state index contributed by atoms with van der Waals surface area (Å²) in [5.41, 5.74) is 3.03. The predicted octanol–water partition coefficient (Wildman–Crippen LogP) is 4.25. The molecular weight excluding hydrogens is 336 g/mol. The van der Waals surface area contributed by atoms with Crippen LogP contribution in [0.3, 0.4) is 0 Å². The largest absolute Gasteiger partial charge is 0.494 e. The van der Waals surface area contributed by atoms with Crippen LogP contribution in [-0.4, -0.2) is 30.5 Å². The van der Waals surface area contributed by atoms with Crippen molar-refractivity contribution < 1.29 is 9.53 Å². The molecule has 3 rings (SSSR count). The summed E-state index contributed by atoms with van der Waals surface area (Å²) in [5.74, 6) is 1.60. The number of benzene rings is 2. The average molecular weight is 367 g/mol. The lowest BCUT2D eigenvalue weighted by Crippen LogP contribution is -2.33. The van der Waals surface area contributed by atoms with Crippen LogP contribution in [-0.2, 0) is 13.1 Å². The van der Waals surface area contributed by atoms with Gasteiger partial charge in [0.25, 0.3) is 5.91 Å². The first kappa shape index (κ1) is 19.4. The second-order valence-corrected chi connectivity index (χ2v) is 7.44. The van der Waals surface area contributed by atoms with Crippen molar-refractivity contribution in [3.63, 3.8) is 0 Å². The molecular formula is C23H30N2O2. The first-order chi connectivity index (χ1) is 13.1. The van der Waals surface area contributed by atoms with Crippen LogP contribution >= 0.6 is 0 Å². The number of carbonyl (C=O) groups is 1. The van der Waals surface area contributed by atoms with E-state index in [4.69, 9.17) is 4.74 Å². The minimum absolute atomic E-state index is 0.0398. The molecule has 4 heteroatoms. The van der Waals surface area contributed by atoms with Gasteiger partial charge >= 0.3 is 0 Å². The summed E-state index contributed by atoms with van der Waals surface area (Å²) in [7, 11) is 0. The molecule has 1 aliphatic rings. The molecule has 4 nitrogen and oxygen atoms in total. The summed E-state index contributed by atoms with van der Waals surface area (Å²) in [5, 5.41) is 2.98. The minimum Gasteiger partial charge on any atom is -0.494 e. The summed E-state index contributed by atoms with van der Waals surface area (Å²) >= 11 is 0. The zero-order valence-electron chi connectivity index (χ0n) is 16.4. The molecule has 1 atom stereocenters. The van der Waals surface area contributed by atoms with Gasteiger partial charge < -0.3 is 10.1 Å². The summed E-state index contributed by atoms with van der Waals surface area (Å²) in [6.07, 6.45) is 2.62. The van der Waals surface area contributed by atoms with Crippen molar-refractivity contribution in [2.45, 2.75) is 39.8 Å². The molecule has 0 unspecified atom stereocenters. The van der Waals surface area contributed by atoms with E-state index in [0.29, 0.717) is 18.7 Å². The van der Waals surface area contributed by atoms with Crippen molar-refractivity contribution in [1.82, 2.24) is 10.2 Å². The Morgan fingerprint density at radius 3 is 2.48 bits per heavy atom. The molecule has 2 aromatic rings. The Morgan fingerprint density at radius 2 is 1.81 bits per heavy atom. The molecule has 0 aliphatic carbocycles. The lowest BCUT2D eigenvalue weighted by Gasteiger charge is -2.30. The highest BCUT2D eigenvalue weighted by Gasteiger charge is 2.16. The Morgan fingerprint density at radius 1 is 1.11 bits per heavy atom. The molecule has 1 heterocycles. The highest BCUT2D eigenvalue weighted by Crippen LogP contribution is 2.18. The van der Waals surface area contributed by atoms with Gasteiger partial charge in [0.15, 0.2) is 0 Å². The van der Waals surface area contributed by atoms with Crippen LogP contribution in [0.2, 0.25) is 0 Å². The van der Waals surface area contributed by atoms with Gasteiger partial charge in [0, 0.05) is 25.2 Å². The summed E-state index contributed by atoms with van der Waals surface area (Å²) in [6.45, 7) is 8.77. The van der Waals surface area contributed by atoms with E-state index >= 15 is 0 Å². The lowest BCUT2D eigenvalue weighted by atomic mass is 9.99. The first-order valence-corrected chi connectivity index (χ1v) is 9.95. The van der Waals surface area contributed by atoms with Crippen LogP contribution < -0.4 is 10.1 Å². The van der Waals surface area contributed by atoms with E-state index in [1.54, 1.807) is 0 Å². The number of carbonyl (C=O) groups excluding carboxylic acids is 1. The van der Waals surface area contributed by atoms with Gasteiger partial charge in [-0.15, -0.1) is 0 Å². The fourth-order valence-corrected chi connectivity index (χ4v) is 3.60. The molecule has 0 saturated carbocycles. The van der Waals surface area contributed by atoms with Crippen LogP contribution in [0.4, 0.5) is 0 Å². The van der Waals surface area contributed by atoms with Crippen molar-refractivity contribution in [2.75, 3.05) is 19.7 Å². The number of ether oxygens (including phenoxy) is 1. The van der Waals surface area contributed by atoms with E-state index in [-0.39, 0.29) is 5.91 Å². The third-order valence-electron chi connectivity index (χ3n) is 5.05. The van der Waals surface area contributed by atoms with Gasteiger partial charge in [0.2, 0.25) is 0 Å². The highest BCUT2D eigenvalue weighted by molar-refractivity contribution is 5.94. The van der Waals surface area contributed by atoms with Crippen LogP contribution in [0.5, 0.6) is 5.75 Å². The molecule has 0 aromatic heterocycles. The molecule has 0 bridgehead atoms. The van der Waals surface area contributed by atoms with Gasteiger partial charge in [-0.25, -0.2) is 0 Å². The molecule has 144 valence electrons. The molecule has 1 saturated heterocycles. The molecule has 0 radical (unpaired) electrons. The zero-order chi connectivity index (χ0) is 19.1. The Balaban J connectivity index is 1.49. The number of nitrogens with zero attached hydrogens (tertiary/aromatic N) is 1. The number of likely N-dealkylation sites (tertiary alicyclic amines) is 1. The van der Waals surface area contributed by atoms with Gasteiger partial charge in [-0.2, -0.15) is 0 Å². The third-order valence-corrected chi connectivity index (χ3v) is 5.05. The number of hydrogen-bond donors (Lipinski definition) is 1. The van der Waals surface area contributed by atoms with E-state index in [2.05, 4.69) is 29.3 Å². The van der Waals surface area contributed by atoms with Crippen molar-refractivity contribution in [1.29, 1.82) is 0 Å². The molecule has 1 fully saturated rings. The van der Waals surface area contributed by atoms with Crippen molar-refractivity contribution in [3.8, 4) is 5.75 Å². The Kier molecular flexibility index (Phi) is 6.88. The third kappa shape index (κ3) is 5.83. The summed E-state index contributed by atoms with van der Waals surface area (Å²) in [6, 6.07) is 15.8. The molecule has 2 aromatic carbocycles. The van der Waals surface area contributed by atoms with E-state index in [0.717, 1.165) is 23.8 Å². The van der Waals surface area contributed by atoms with E-state index in [1.807, 2.05) is 43.3 Å². The zero-order valence-corrected chi connectivity index (χ0v) is 16.4. The quantitative estimate of drug-likeness (QED) is 0.797. The number of nitrogens with one attached hydrogen (secondary N) is 1. The van der Waals surface area contributed by atoms with Crippen LogP contribution in [0.25, 0.3) is 0 Å². The van der Waals surface area contributed by atoms with Crippen molar-refractivity contribution in [3.05, 3.63) is 65.2 Å². The summed E-state index contributed by atoms with van der Waals surface area (Å²) < 4.78 is 5.44. The maximum absolute atomic E-state index is 12.4. The Bertz CT molecular complexity index is 725. The van der Waals surface area contributed by atoms with Gasteiger partial charge in [0.1, 0.15) is 5.75 Å². The number of piperidine rings is 1. The SMILES string of the molecule is CCOc1ccc(CNC(=O)c2ccc(CN3CCC[C@@H](C)C3)cc2)cc1. The normalized spacial score (nSPS) is 17.5. The first-order valence-electron chi connectivity index (χ1n) is 9.95. The molecule has 27 heavy (non-hydrogen) atoms. The second-order valence-electron chi connectivity index (χ2n) is 7.44. The monoisotopic (exact) mass is 366 g/mol. The average Bonchev–Trinajstić information content (AvgIpc) is 2.68. The van der Waals surface area contributed by atoms with Crippen LogP contribution in [0.15, 0.2) is 48.5 Å². The second kappa shape index (κ2) is 9.56. The van der Waals surface area contributed by atoms with Gasteiger partial charge in [-0.1, -0.05) is 31.2 Å². The summed E-state index contributed by atoms with van der Waals surface area (Å²) in [4.78, 5) is 14.9. The molecule has 1 amide bonds. The van der Waals surface area contributed by atoms with Gasteiger partial charge in [0.05, 0.1) is 6.61 Å². The molecule has 0 spiro atoms. The van der Waals surface area contributed by atoms with E-state index in [1.165, 1.54) is 31.5 Å².